The number of nitrogens with one attached hydrogen (secondary N) is 1. The molecule has 5 heteroatoms. The minimum Gasteiger partial charge on any atom is -0.312 e. The number of rotatable bonds is 0. The van der Waals surface area contributed by atoms with Gasteiger partial charge in [0.15, 0.2) is 0 Å². The van der Waals surface area contributed by atoms with Crippen molar-refractivity contribution in [3.63, 3.8) is 0 Å². The fourth-order valence-corrected chi connectivity index (χ4v) is 1.87. The number of amides is 1. The SMILES string of the molecule is CC.Cc1ncc2cc3n(c2n1)CCC(=O)N3.[HH]. The molecule has 2 aromatic rings. The maximum Gasteiger partial charge on any atom is 0.227 e. The summed E-state index contributed by atoms with van der Waals surface area (Å²) in [5.74, 6) is 1.64. The average Bonchev–Trinajstić information content (AvgIpc) is 2.68. The second kappa shape index (κ2) is 4.53. The molecule has 0 saturated carbocycles. The number of nitrogens with zero attached hydrogens (tertiary/aromatic N) is 3. The summed E-state index contributed by atoms with van der Waals surface area (Å²) in [7, 11) is 0. The van der Waals surface area contributed by atoms with Crippen molar-refractivity contribution in [3.8, 4) is 0 Å². The first-order valence-corrected chi connectivity index (χ1v) is 5.87. The summed E-state index contributed by atoms with van der Waals surface area (Å²) in [6.07, 6.45) is 2.30. The zero-order chi connectivity index (χ0) is 12.4. The van der Waals surface area contributed by atoms with E-state index < -0.39 is 0 Å². The molecule has 5 nitrogen and oxygen atoms in total. The Morgan fingerprint density at radius 3 is 3.00 bits per heavy atom. The van der Waals surface area contributed by atoms with Crippen molar-refractivity contribution in [2.45, 2.75) is 33.7 Å². The predicted octanol–water partition coefficient (Wildman–Crippen LogP) is 2.35. The third-order valence-electron chi connectivity index (χ3n) is 2.59. The van der Waals surface area contributed by atoms with Gasteiger partial charge in [0.25, 0.3) is 0 Å². The molecule has 0 unspecified atom stereocenters. The Morgan fingerprint density at radius 2 is 2.24 bits per heavy atom. The number of carbonyl (C=O) groups is 1. The summed E-state index contributed by atoms with van der Waals surface area (Å²) in [5.41, 5.74) is 0.900. The molecular formula is C12H18N4O. The van der Waals surface area contributed by atoms with Gasteiger partial charge in [-0.05, 0) is 13.0 Å². The monoisotopic (exact) mass is 234 g/mol. The van der Waals surface area contributed by atoms with E-state index >= 15 is 0 Å². The molecule has 1 amide bonds. The number of aryl methyl sites for hydroxylation is 2. The molecule has 0 atom stereocenters. The molecule has 2 aromatic heterocycles. The summed E-state index contributed by atoms with van der Waals surface area (Å²) in [5, 5.41) is 3.80. The van der Waals surface area contributed by atoms with Gasteiger partial charge in [-0.25, -0.2) is 9.97 Å². The molecule has 1 aliphatic rings. The molecule has 1 aliphatic heterocycles. The molecule has 0 bridgehead atoms. The van der Waals surface area contributed by atoms with Gasteiger partial charge in [0.05, 0.1) is 0 Å². The summed E-state index contributed by atoms with van der Waals surface area (Å²) >= 11 is 0. The summed E-state index contributed by atoms with van der Waals surface area (Å²) in [4.78, 5) is 19.7. The van der Waals surface area contributed by atoms with E-state index in [0.29, 0.717) is 13.0 Å². The Kier molecular flexibility index (Phi) is 3.08. The summed E-state index contributed by atoms with van der Waals surface area (Å²) < 4.78 is 2.02. The Morgan fingerprint density at radius 1 is 1.47 bits per heavy atom. The standard InChI is InChI=1S/C10H10N4O.C2H6.H2/c1-6-11-5-7-4-8-13-9(15)2-3-14(8)10(7)12-6;1-2;/h4-5H,2-3H2,1H3,(H,13,15);1-2H3;1H. The largest absolute Gasteiger partial charge is 0.312 e. The average molecular weight is 234 g/mol. The fraction of sp³-hybridized carbons (Fsp3) is 0.417. The van der Waals surface area contributed by atoms with Gasteiger partial charge in [0.1, 0.15) is 17.3 Å². The molecule has 0 spiro atoms. The topological polar surface area (TPSA) is 59.8 Å². The highest BCUT2D eigenvalue weighted by Gasteiger charge is 2.17. The molecule has 17 heavy (non-hydrogen) atoms. The van der Waals surface area contributed by atoms with Gasteiger partial charge in [0.2, 0.25) is 5.91 Å². The van der Waals surface area contributed by atoms with Gasteiger partial charge in [-0.15, -0.1) is 0 Å². The summed E-state index contributed by atoms with van der Waals surface area (Å²) in [6, 6.07) is 1.91. The number of carbonyl (C=O) groups excluding carboxylic acids is 1. The molecule has 3 rings (SSSR count). The van der Waals surface area contributed by atoms with E-state index in [9.17, 15) is 4.79 Å². The van der Waals surface area contributed by atoms with E-state index in [-0.39, 0.29) is 7.33 Å². The van der Waals surface area contributed by atoms with Crippen LogP contribution in [-0.4, -0.2) is 20.4 Å². The van der Waals surface area contributed by atoms with Crippen molar-refractivity contribution in [1.82, 2.24) is 14.5 Å². The first kappa shape index (κ1) is 11.6. The highest BCUT2D eigenvalue weighted by molar-refractivity contribution is 5.95. The molecule has 3 heterocycles. The van der Waals surface area contributed by atoms with Crippen LogP contribution in [0.5, 0.6) is 0 Å². The minimum atomic E-state index is 0. The Hall–Kier alpha value is -1.91. The van der Waals surface area contributed by atoms with Crippen LogP contribution in [0.1, 0.15) is 27.5 Å². The van der Waals surface area contributed by atoms with E-state index in [1.807, 2.05) is 31.4 Å². The van der Waals surface area contributed by atoms with Crippen molar-refractivity contribution < 1.29 is 6.22 Å². The third kappa shape index (κ3) is 2.00. The zero-order valence-corrected chi connectivity index (χ0v) is 10.3. The van der Waals surface area contributed by atoms with Gasteiger partial charge in [-0.2, -0.15) is 0 Å². The predicted molar refractivity (Wildman–Crippen MR) is 69.0 cm³/mol. The number of aromatic nitrogens is 3. The van der Waals surface area contributed by atoms with Crippen LogP contribution in [0.4, 0.5) is 5.82 Å². The van der Waals surface area contributed by atoms with Gasteiger partial charge in [-0.3, -0.25) is 4.79 Å². The molecule has 0 radical (unpaired) electrons. The molecule has 0 fully saturated rings. The second-order valence-corrected chi connectivity index (χ2v) is 3.68. The lowest BCUT2D eigenvalue weighted by molar-refractivity contribution is -0.116. The lowest BCUT2D eigenvalue weighted by Crippen LogP contribution is -2.22. The molecule has 92 valence electrons. The molecule has 0 aromatic carbocycles. The molecule has 0 aliphatic carbocycles. The Labute approximate surface area is 101 Å². The van der Waals surface area contributed by atoms with Crippen molar-refractivity contribution in [3.05, 3.63) is 18.1 Å². The fourth-order valence-electron chi connectivity index (χ4n) is 1.87. The van der Waals surface area contributed by atoms with E-state index in [1.54, 1.807) is 6.20 Å². The van der Waals surface area contributed by atoms with Crippen LogP contribution in [0.15, 0.2) is 12.3 Å². The van der Waals surface area contributed by atoms with E-state index in [0.717, 1.165) is 22.7 Å². The smallest absolute Gasteiger partial charge is 0.227 e. The maximum atomic E-state index is 11.2. The van der Waals surface area contributed by atoms with Crippen molar-refractivity contribution in [2.24, 2.45) is 0 Å². The molecular weight excluding hydrogens is 216 g/mol. The van der Waals surface area contributed by atoms with Crippen LogP contribution < -0.4 is 5.32 Å². The van der Waals surface area contributed by atoms with Gasteiger partial charge in [0, 0.05) is 26.0 Å². The van der Waals surface area contributed by atoms with Crippen LogP contribution in [0.25, 0.3) is 11.0 Å². The lowest BCUT2D eigenvalue weighted by atomic mass is 10.3. The van der Waals surface area contributed by atoms with Crippen LogP contribution in [0.2, 0.25) is 0 Å². The Balaban J connectivity index is 0.000000516. The molecule has 1 N–H and O–H groups in total. The van der Waals surface area contributed by atoms with E-state index in [2.05, 4.69) is 15.3 Å². The normalized spacial score (nSPS) is 13.7. The van der Waals surface area contributed by atoms with Crippen molar-refractivity contribution in [2.75, 3.05) is 5.32 Å². The van der Waals surface area contributed by atoms with Crippen LogP contribution in [-0.2, 0) is 11.3 Å². The number of fused-ring (bicyclic) bond motifs is 3. The minimum absolute atomic E-state index is 0. The third-order valence-corrected chi connectivity index (χ3v) is 2.59. The number of anilines is 1. The van der Waals surface area contributed by atoms with Crippen LogP contribution in [0.3, 0.4) is 0 Å². The second-order valence-electron chi connectivity index (χ2n) is 3.68. The quantitative estimate of drug-likeness (QED) is 0.761. The maximum absolute atomic E-state index is 11.2. The number of hydrogen-bond donors (Lipinski definition) is 1. The van der Waals surface area contributed by atoms with Gasteiger partial charge >= 0.3 is 0 Å². The highest BCUT2D eigenvalue weighted by Crippen LogP contribution is 2.24. The zero-order valence-electron chi connectivity index (χ0n) is 10.3. The molecule has 0 saturated heterocycles. The van der Waals surface area contributed by atoms with Crippen molar-refractivity contribution in [1.29, 1.82) is 0 Å². The first-order chi connectivity index (χ1) is 8.24. The van der Waals surface area contributed by atoms with E-state index in [4.69, 9.17) is 0 Å². The van der Waals surface area contributed by atoms with Gasteiger partial charge < -0.3 is 9.88 Å². The Bertz CT molecular complexity index is 564. The summed E-state index contributed by atoms with van der Waals surface area (Å²) in [6.45, 7) is 6.56. The lowest BCUT2D eigenvalue weighted by Gasteiger charge is -2.15. The highest BCUT2D eigenvalue weighted by atomic mass is 16.1. The van der Waals surface area contributed by atoms with Crippen molar-refractivity contribution >= 4 is 22.8 Å². The number of hydrogen-bond acceptors (Lipinski definition) is 3. The van der Waals surface area contributed by atoms with Crippen LogP contribution in [0, 0.1) is 6.92 Å². The van der Waals surface area contributed by atoms with Gasteiger partial charge in [-0.1, -0.05) is 13.8 Å². The van der Waals surface area contributed by atoms with Crippen LogP contribution >= 0.6 is 0 Å². The van der Waals surface area contributed by atoms with E-state index in [1.165, 1.54) is 0 Å². The first-order valence-electron chi connectivity index (χ1n) is 5.87.